The molecule has 0 saturated heterocycles. The standard InChI is InChI=1S/C9H12O4/c10-6-7(5-9(11)12)4-8-2-1-3-13-8/h1-3,7,10H,4-6H2,(H,11,12). The van der Waals surface area contributed by atoms with Gasteiger partial charge in [0.1, 0.15) is 5.76 Å². The first-order chi connectivity index (χ1) is 6.22. The van der Waals surface area contributed by atoms with Gasteiger partial charge in [-0.1, -0.05) is 0 Å². The molecule has 0 fully saturated rings. The van der Waals surface area contributed by atoms with Crippen molar-refractivity contribution in [3.8, 4) is 0 Å². The number of aliphatic hydroxyl groups is 1. The first kappa shape index (κ1) is 9.80. The summed E-state index contributed by atoms with van der Waals surface area (Å²) in [5.41, 5.74) is 0. The van der Waals surface area contributed by atoms with Crippen molar-refractivity contribution in [2.75, 3.05) is 6.61 Å². The van der Waals surface area contributed by atoms with E-state index in [0.717, 1.165) is 0 Å². The van der Waals surface area contributed by atoms with Gasteiger partial charge in [-0.25, -0.2) is 0 Å². The molecule has 1 atom stereocenters. The van der Waals surface area contributed by atoms with Gasteiger partial charge in [0.15, 0.2) is 0 Å². The molecule has 0 aliphatic rings. The summed E-state index contributed by atoms with van der Waals surface area (Å²) in [7, 11) is 0. The number of carboxylic acids is 1. The highest BCUT2D eigenvalue weighted by Crippen LogP contribution is 2.12. The van der Waals surface area contributed by atoms with Crippen LogP contribution in [0.1, 0.15) is 12.2 Å². The predicted molar refractivity (Wildman–Crippen MR) is 45.2 cm³/mol. The topological polar surface area (TPSA) is 70.7 Å². The van der Waals surface area contributed by atoms with Crippen molar-refractivity contribution in [3.05, 3.63) is 24.2 Å². The van der Waals surface area contributed by atoms with E-state index < -0.39 is 5.97 Å². The molecule has 0 saturated carbocycles. The lowest BCUT2D eigenvalue weighted by Gasteiger charge is -2.08. The Balaban J connectivity index is 2.45. The SMILES string of the molecule is O=C(O)CC(CO)Cc1ccco1. The fourth-order valence-electron chi connectivity index (χ4n) is 1.16. The Morgan fingerprint density at radius 2 is 2.38 bits per heavy atom. The Bertz CT molecular complexity index is 253. The number of rotatable bonds is 5. The van der Waals surface area contributed by atoms with Gasteiger partial charge in [-0.05, 0) is 18.1 Å². The Morgan fingerprint density at radius 1 is 1.62 bits per heavy atom. The van der Waals surface area contributed by atoms with Crippen LogP contribution in [-0.4, -0.2) is 22.8 Å². The summed E-state index contributed by atoms with van der Waals surface area (Å²) < 4.78 is 5.04. The number of carbonyl (C=O) groups is 1. The van der Waals surface area contributed by atoms with E-state index >= 15 is 0 Å². The molecular weight excluding hydrogens is 172 g/mol. The van der Waals surface area contributed by atoms with E-state index in [1.54, 1.807) is 12.1 Å². The second kappa shape index (κ2) is 4.67. The molecular formula is C9H12O4. The molecule has 0 amide bonds. The van der Waals surface area contributed by atoms with Crippen molar-refractivity contribution in [1.82, 2.24) is 0 Å². The minimum absolute atomic E-state index is 0.0306. The largest absolute Gasteiger partial charge is 0.481 e. The summed E-state index contributed by atoms with van der Waals surface area (Å²) in [4.78, 5) is 10.4. The minimum Gasteiger partial charge on any atom is -0.481 e. The van der Waals surface area contributed by atoms with Crippen LogP contribution in [0.5, 0.6) is 0 Å². The van der Waals surface area contributed by atoms with E-state index in [1.807, 2.05) is 0 Å². The third-order valence-electron chi connectivity index (χ3n) is 1.79. The van der Waals surface area contributed by atoms with E-state index in [-0.39, 0.29) is 18.9 Å². The molecule has 0 bridgehead atoms. The quantitative estimate of drug-likeness (QED) is 0.713. The summed E-state index contributed by atoms with van der Waals surface area (Å²) in [6.07, 6.45) is 1.97. The van der Waals surface area contributed by atoms with Gasteiger partial charge in [-0.2, -0.15) is 0 Å². The van der Waals surface area contributed by atoms with Crippen LogP contribution in [0.2, 0.25) is 0 Å². The van der Waals surface area contributed by atoms with Crippen LogP contribution >= 0.6 is 0 Å². The Hall–Kier alpha value is -1.29. The van der Waals surface area contributed by atoms with E-state index in [4.69, 9.17) is 14.6 Å². The van der Waals surface area contributed by atoms with Gasteiger partial charge in [-0.15, -0.1) is 0 Å². The van der Waals surface area contributed by atoms with Crippen LogP contribution < -0.4 is 0 Å². The van der Waals surface area contributed by atoms with Crippen LogP contribution in [-0.2, 0) is 11.2 Å². The van der Waals surface area contributed by atoms with Crippen LogP contribution in [0.3, 0.4) is 0 Å². The van der Waals surface area contributed by atoms with Crippen molar-refractivity contribution >= 4 is 5.97 Å². The van der Waals surface area contributed by atoms with Gasteiger partial charge in [0.25, 0.3) is 0 Å². The second-order valence-electron chi connectivity index (χ2n) is 2.93. The highest BCUT2D eigenvalue weighted by Gasteiger charge is 2.13. The molecule has 4 heteroatoms. The molecule has 0 aromatic carbocycles. The first-order valence-corrected chi connectivity index (χ1v) is 4.07. The van der Waals surface area contributed by atoms with Crippen LogP contribution in [0.4, 0.5) is 0 Å². The van der Waals surface area contributed by atoms with Gasteiger partial charge in [0.2, 0.25) is 0 Å². The zero-order chi connectivity index (χ0) is 9.68. The fraction of sp³-hybridized carbons (Fsp3) is 0.444. The average Bonchev–Trinajstić information content (AvgIpc) is 2.55. The van der Waals surface area contributed by atoms with Gasteiger partial charge in [0.05, 0.1) is 12.7 Å². The lowest BCUT2D eigenvalue weighted by molar-refractivity contribution is -0.138. The molecule has 0 radical (unpaired) electrons. The molecule has 0 aliphatic carbocycles. The van der Waals surface area contributed by atoms with Gasteiger partial charge >= 0.3 is 5.97 Å². The number of carboxylic acid groups (broad SMARTS) is 1. The minimum atomic E-state index is -0.898. The zero-order valence-corrected chi connectivity index (χ0v) is 7.14. The van der Waals surface area contributed by atoms with Crippen LogP contribution in [0.25, 0.3) is 0 Å². The highest BCUT2D eigenvalue weighted by atomic mass is 16.4. The molecule has 1 aromatic heterocycles. The lowest BCUT2D eigenvalue weighted by atomic mass is 10.0. The third-order valence-corrected chi connectivity index (χ3v) is 1.79. The molecule has 2 N–H and O–H groups in total. The summed E-state index contributed by atoms with van der Waals surface area (Å²) in [5.74, 6) is -0.449. The van der Waals surface area contributed by atoms with E-state index in [0.29, 0.717) is 12.2 Å². The smallest absolute Gasteiger partial charge is 0.303 e. The highest BCUT2D eigenvalue weighted by molar-refractivity contribution is 5.67. The lowest BCUT2D eigenvalue weighted by Crippen LogP contribution is -2.14. The maximum Gasteiger partial charge on any atom is 0.303 e. The number of furan rings is 1. The molecule has 1 rings (SSSR count). The summed E-state index contributed by atoms with van der Waals surface area (Å²) in [6, 6.07) is 3.51. The van der Waals surface area contributed by atoms with Crippen molar-refractivity contribution in [2.45, 2.75) is 12.8 Å². The molecule has 1 heterocycles. The number of hydrogen-bond acceptors (Lipinski definition) is 3. The monoisotopic (exact) mass is 184 g/mol. The molecule has 0 aliphatic heterocycles. The first-order valence-electron chi connectivity index (χ1n) is 4.07. The molecule has 0 spiro atoms. The molecule has 4 nitrogen and oxygen atoms in total. The maximum absolute atomic E-state index is 10.4. The molecule has 1 aromatic rings. The van der Waals surface area contributed by atoms with Crippen molar-refractivity contribution in [1.29, 1.82) is 0 Å². The summed E-state index contributed by atoms with van der Waals surface area (Å²) in [5, 5.41) is 17.4. The fourth-order valence-corrected chi connectivity index (χ4v) is 1.16. The van der Waals surface area contributed by atoms with E-state index in [1.165, 1.54) is 6.26 Å². The molecule has 13 heavy (non-hydrogen) atoms. The van der Waals surface area contributed by atoms with Gasteiger partial charge in [0, 0.05) is 13.0 Å². The normalized spacial score (nSPS) is 12.7. The maximum atomic E-state index is 10.4. The summed E-state index contributed by atoms with van der Waals surface area (Å²) >= 11 is 0. The number of aliphatic hydroxyl groups excluding tert-OH is 1. The van der Waals surface area contributed by atoms with Crippen molar-refractivity contribution in [3.63, 3.8) is 0 Å². The Morgan fingerprint density at radius 3 is 2.85 bits per heavy atom. The third kappa shape index (κ3) is 3.29. The Labute approximate surface area is 75.8 Å². The molecule has 1 unspecified atom stereocenters. The summed E-state index contributed by atoms with van der Waals surface area (Å²) in [6.45, 7) is -0.132. The molecule has 72 valence electrons. The zero-order valence-electron chi connectivity index (χ0n) is 7.14. The average molecular weight is 184 g/mol. The number of hydrogen-bond donors (Lipinski definition) is 2. The van der Waals surface area contributed by atoms with Crippen molar-refractivity contribution < 1.29 is 19.4 Å². The predicted octanol–water partition coefficient (Wildman–Crippen LogP) is 0.905. The van der Waals surface area contributed by atoms with Gasteiger partial charge in [-0.3, -0.25) is 4.79 Å². The Kier molecular flexibility index (Phi) is 3.52. The van der Waals surface area contributed by atoms with E-state index in [9.17, 15) is 4.79 Å². The number of aliphatic carboxylic acids is 1. The van der Waals surface area contributed by atoms with E-state index in [2.05, 4.69) is 0 Å². The second-order valence-corrected chi connectivity index (χ2v) is 2.93. The van der Waals surface area contributed by atoms with Crippen LogP contribution in [0, 0.1) is 5.92 Å². The van der Waals surface area contributed by atoms with Crippen molar-refractivity contribution in [2.24, 2.45) is 5.92 Å². The van der Waals surface area contributed by atoms with Gasteiger partial charge < -0.3 is 14.6 Å². The van der Waals surface area contributed by atoms with Crippen LogP contribution in [0.15, 0.2) is 22.8 Å².